The Labute approximate surface area is 239 Å². The van der Waals surface area contributed by atoms with E-state index in [2.05, 4.69) is 20.9 Å². The van der Waals surface area contributed by atoms with Crippen molar-refractivity contribution in [2.45, 2.75) is 10.1 Å². The highest BCUT2D eigenvalue weighted by molar-refractivity contribution is 8.00. The van der Waals surface area contributed by atoms with Crippen LogP contribution in [-0.4, -0.2) is 16.9 Å². The van der Waals surface area contributed by atoms with Crippen LogP contribution in [0.1, 0.15) is 10.8 Å². The van der Waals surface area contributed by atoms with E-state index in [1.807, 2.05) is 115 Å². The molecule has 1 aromatic heterocycles. The van der Waals surface area contributed by atoms with Crippen molar-refractivity contribution in [1.29, 1.82) is 0 Å². The molecular formula is C30H23ClN4O2S2. The maximum absolute atomic E-state index is 13.5. The average Bonchev–Trinajstić information content (AvgIpc) is 3.42. The molecule has 3 amide bonds. The Morgan fingerprint density at radius 1 is 0.744 bits per heavy atom. The Bertz CT molecular complexity index is 1560. The molecule has 5 aromatic rings. The first-order chi connectivity index (χ1) is 19.0. The predicted octanol–water partition coefficient (Wildman–Crippen LogP) is 8.58. The van der Waals surface area contributed by atoms with Crippen LogP contribution in [0.3, 0.4) is 0 Å². The van der Waals surface area contributed by atoms with Crippen molar-refractivity contribution in [3.8, 4) is 11.3 Å². The number of benzene rings is 4. The van der Waals surface area contributed by atoms with Crippen LogP contribution in [0.2, 0.25) is 5.02 Å². The van der Waals surface area contributed by atoms with Gasteiger partial charge in [0.05, 0.1) is 5.69 Å². The molecule has 0 aliphatic carbocycles. The number of anilines is 3. The van der Waals surface area contributed by atoms with Crippen LogP contribution in [0.15, 0.2) is 119 Å². The van der Waals surface area contributed by atoms with Gasteiger partial charge in [0, 0.05) is 32.2 Å². The van der Waals surface area contributed by atoms with Gasteiger partial charge in [0.25, 0.3) is 0 Å². The first-order valence-corrected chi connectivity index (χ1v) is 14.1. The highest BCUT2D eigenvalue weighted by Gasteiger charge is 2.23. The topological polar surface area (TPSA) is 83.1 Å². The number of halogens is 1. The first kappa shape index (κ1) is 26.5. The molecule has 0 spiro atoms. The summed E-state index contributed by atoms with van der Waals surface area (Å²) < 4.78 is 0. The van der Waals surface area contributed by atoms with Crippen LogP contribution in [0.25, 0.3) is 11.3 Å². The molecule has 0 aliphatic heterocycles. The van der Waals surface area contributed by atoms with Gasteiger partial charge in [0.1, 0.15) is 5.25 Å². The van der Waals surface area contributed by atoms with Crippen molar-refractivity contribution in [1.82, 2.24) is 4.98 Å². The number of thioether (sulfide) groups is 1. The number of rotatable bonds is 8. The van der Waals surface area contributed by atoms with Crippen molar-refractivity contribution in [3.63, 3.8) is 0 Å². The van der Waals surface area contributed by atoms with Crippen LogP contribution in [0.4, 0.5) is 21.3 Å². The number of urea groups is 1. The lowest BCUT2D eigenvalue weighted by atomic mass is 10.1. The largest absolute Gasteiger partial charge is 0.323 e. The molecule has 9 heteroatoms. The van der Waals surface area contributed by atoms with Gasteiger partial charge in [-0.15, -0.1) is 23.1 Å². The second kappa shape index (κ2) is 12.6. The van der Waals surface area contributed by atoms with Crippen molar-refractivity contribution in [2.75, 3.05) is 16.0 Å². The number of hydrogen-bond donors (Lipinski definition) is 3. The highest BCUT2D eigenvalue weighted by atomic mass is 35.5. The minimum absolute atomic E-state index is 0.185. The third-order valence-electron chi connectivity index (χ3n) is 5.62. The van der Waals surface area contributed by atoms with Gasteiger partial charge in [-0.2, -0.15) is 0 Å². The van der Waals surface area contributed by atoms with Gasteiger partial charge in [-0.25, -0.2) is 9.78 Å². The van der Waals surface area contributed by atoms with Gasteiger partial charge in [-0.1, -0.05) is 78.3 Å². The van der Waals surface area contributed by atoms with Crippen molar-refractivity contribution in [3.05, 3.63) is 125 Å². The molecule has 0 saturated carbocycles. The number of thiazole rings is 1. The minimum Gasteiger partial charge on any atom is -0.308 e. The van der Waals surface area contributed by atoms with E-state index in [-0.39, 0.29) is 11.9 Å². The number of para-hydroxylation sites is 1. The van der Waals surface area contributed by atoms with Crippen LogP contribution >= 0.6 is 34.7 Å². The number of nitrogens with zero attached hydrogens (tertiary/aromatic N) is 1. The Morgan fingerprint density at radius 3 is 2.05 bits per heavy atom. The molecule has 1 unspecified atom stereocenters. The van der Waals surface area contributed by atoms with Crippen molar-refractivity contribution < 1.29 is 9.59 Å². The smallest absolute Gasteiger partial charge is 0.308 e. The summed E-state index contributed by atoms with van der Waals surface area (Å²) in [5.74, 6) is -0.185. The Hall–Kier alpha value is -4.11. The zero-order chi connectivity index (χ0) is 27.0. The molecule has 39 heavy (non-hydrogen) atoms. The first-order valence-electron chi connectivity index (χ1n) is 12.0. The van der Waals surface area contributed by atoms with Gasteiger partial charge in [-0.3, -0.25) is 4.79 Å². The van der Waals surface area contributed by atoms with Gasteiger partial charge < -0.3 is 16.0 Å². The van der Waals surface area contributed by atoms with Crippen LogP contribution in [0.5, 0.6) is 0 Å². The fourth-order valence-corrected chi connectivity index (χ4v) is 5.73. The van der Waals surface area contributed by atoms with Crippen LogP contribution in [0, 0.1) is 0 Å². The van der Waals surface area contributed by atoms with Gasteiger partial charge in [0.15, 0.2) is 5.13 Å². The molecule has 0 aliphatic rings. The minimum atomic E-state index is -0.515. The summed E-state index contributed by atoms with van der Waals surface area (Å²) in [7, 11) is 0. The number of amides is 3. The number of nitrogens with one attached hydrogen (secondary N) is 3. The predicted molar refractivity (Wildman–Crippen MR) is 162 cm³/mol. The zero-order valence-corrected chi connectivity index (χ0v) is 22.9. The second-order valence-corrected chi connectivity index (χ2v) is 10.8. The molecule has 194 valence electrons. The van der Waals surface area contributed by atoms with Crippen molar-refractivity contribution in [2.24, 2.45) is 0 Å². The van der Waals surface area contributed by atoms with E-state index < -0.39 is 5.25 Å². The summed E-state index contributed by atoms with van der Waals surface area (Å²) in [6.07, 6.45) is 0. The maximum Gasteiger partial charge on any atom is 0.323 e. The maximum atomic E-state index is 13.5. The van der Waals surface area contributed by atoms with E-state index in [0.29, 0.717) is 27.2 Å². The van der Waals surface area contributed by atoms with E-state index in [1.54, 1.807) is 0 Å². The van der Waals surface area contributed by atoms with Crippen LogP contribution < -0.4 is 16.0 Å². The third-order valence-corrected chi connectivity index (χ3v) is 7.98. The number of hydrogen-bond acceptors (Lipinski definition) is 5. The van der Waals surface area contributed by atoms with E-state index in [4.69, 9.17) is 11.6 Å². The molecule has 4 aromatic carbocycles. The standard InChI is InChI=1S/C30H23ClN4O2S2/c31-25-14-8-7-13-24(25)26-19-38-30(34-26)35-28(36)27(20-9-3-1-4-10-20)39-23-17-15-22(16-18-23)33-29(37)32-21-11-5-2-6-12-21/h1-19,27H,(H2,32,33,37)(H,34,35,36). The average molecular weight is 571 g/mol. The quantitative estimate of drug-likeness (QED) is 0.163. The number of aromatic nitrogens is 1. The molecule has 0 bridgehead atoms. The molecule has 0 radical (unpaired) electrons. The van der Waals surface area contributed by atoms with E-state index in [9.17, 15) is 9.59 Å². The Morgan fingerprint density at radius 2 is 1.36 bits per heavy atom. The van der Waals surface area contributed by atoms with Crippen LogP contribution in [-0.2, 0) is 4.79 Å². The molecular weight excluding hydrogens is 548 g/mol. The molecule has 5 rings (SSSR count). The van der Waals surface area contributed by atoms with Gasteiger partial charge in [-0.05, 0) is 48.0 Å². The Kier molecular flexibility index (Phi) is 8.58. The monoisotopic (exact) mass is 570 g/mol. The summed E-state index contributed by atoms with van der Waals surface area (Å²) in [4.78, 5) is 31.2. The molecule has 0 fully saturated rings. The molecule has 3 N–H and O–H groups in total. The molecule has 1 atom stereocenters. The van der Waals surface area contributed by atoms with Gasteiger partial charge >= 0.3 is 6.03 Å². The summed E-state index contributed by atoms with van der Waals surface area (Å²) in [5, 5.41) is 11.1. The summed E-state index contributed by atoms with van der Waals surface area (Å²) in [6, 6.07) is 33.3. The SMILES string of the molecule is O=C(Nc1ccccc1)Nc1ccc(SC(C(=O)Nc2nc(-c3ccccc3Cl)cs2)c2ccccc2)cc1. The normalized spacial score (nSPS) is 11.4. The lowest BCUT2D eigenvalue weighted by Gasteiger charge is -2.16. The van der Waals surface area contributed by atoms with E-state index in [1.165, 1.54) is 23.1 Å². The van der Waals surface area contributed by atoms with E-state index >= 15 is 0 Å². The fraction of sp³-hybridized carbons (Fsp3) is 0.0333. The summed E-state index contributed by atoms with van der Waals surface area (Å²) in [6.45, 7) is 0. The zero-order valence-electron chi connectivity index (χ0n) is 20.5. The molecule has 0 saturated heterocycles. The summed E-state index contributed by atoms with van der Waals surface area (Å²) >= 11 is 9.09. The van der Waals surface area contributed by atoms with Crippen molar-refractivity contribution >= 4 is 63.1 Å². The van der Waals surface area contributed by atoms with E-state index in [0.717, 1.165) is 16.0 Å². The molecule has 6 nitrogen and oxygen atoms in total. The lowest BCUT2D eigenvalue weighted by Crippen LogP contribution is -2.19. The lowest BCUT2D eigenvalue weighted by molar-refractivity contribution is -0.115. The number of carbonyl (C=O) groups is 2. The summed E-state index contributed by atoms with van der Waals surface area (Å²) in [5.41, 5.74) is 3.74. The fourth-order valence-electron chi connectivity index (χ4n) is 3.76. The second-order valence-electron chi connectivity index (χ2n) is 8.39. The van der Waals surface area contributed by atoms with Gasteiger partial charge in [0.2, 0.25) is 5.91 Å². The molecule has 1 heterocycles. The Balaban J connectivity index is 1.27. The third kappa shape index (κ3) is 7.06. The highest BCUT2D eigenvalue weighted by Crippen LogP contribution is 2.37. The number of carbonyl (C=O) groups excluding carboxylic acids is 2.